The number of imidazole rings is 1. The van der Waals surface area contributed by atoms with Crippen LogP contribution in [0.15, 0.2) is 43.0 Å². The molecule has 0 radical (unpaired) electrons. The minimum absolute atomic E-state index is 0.140. The molecule has 1 saturated heterocycles. The maximum atomic E-state index is 11.8. The van der Waals surface area contributed by atoms with E-state index in [9.17, 15) is 8.42 Å². The molecule has 1 fully saturated rings. The van der Waals surface area contributed by atoms with Gasteiger partial charge in [0.1, 0.15) is 0 Å². The summed E-state index contributed by atoms with van der Waals surface area (Å²) in [6.07, 6.45) is 10.3. The number of hydrogen-bond donors (Lipinski definition) is 0. The quantitative estimate of drug-likeness (QED) is 0.715. The van der Waals surface area contributed by atoms with Crippen LogP contribution in [0.5, 0.6) is 0 Å². The van der Waals surface area contributed by atoms with E-state index in [1.807, 2.05) is 35.0 Å². The zero-order valence-corrected chi connectivity index (χ0v) is 14.7. The van der Waals surface area contributed by atoms with Crippen molar-refractivity contribution in [2.75, 3.05) is 19.3 Å². The van der Waals surface area contributed by atoms with Gasteiger partial charge in [-0.2, -0.15) is 0 Å². The Morgan fingerprint density at radius 2 is 2.04 bits per heavy atom. The molecule has 7 nitrogen and oxygen atoms in total. The summed E-state index contributed by atoms with van der Waals surface area (Å²) in [4.78, 5) is 13.1. The van der Waals surface area contributed by atoms with Crippen LogP contribution in [-0.4, -0.2) is 51.4 Å². The molecule has 130 valence electrons. The zero-order valence-electron chi connectivity index (χ0n) is 13.9. The number of sulfonamides is 1. The molecule has 25 heavy (non-hydrogen) atoms. The van der Waals surface area contributed by atoms with Gasteiger partial charge in [0.05, 0.1) is 18.1 Å². The Balaban J connectivity index is 1.60. The maximum absolute atomic E-state index is 11.8. The van der Waals surface area contributed by atoms with Crippen LogP contribution in [0.25, 0.3) is 17.0 Å². The molecule has 8 heteroatoms. The van der Waals surface area contributed by atoms with Gasteiger partial charge >= 0.3 is 0 Å². The van der Waals surface area contributed by atoms with Gasteiger partial charge in [-0.15, -0.1) is 0 Å². The normalized spacial score (nSPS) is 19.3. The first-order valence-electron chi connectivity index (χ1n) is 8.22. The largest absolute Gasteiger partial charge is 0.284 e. The summed E-state index contributed by atoms with van der Waals surface area (Å²) in [5.74, 6) is 0.791. The second-order valence-electron chi connectivity index (χ2n) is 6.37. The van der Waals surface area contributed by atoms with E-state index in [-0.39, 0.29) is 5.92 Å². The molecule has 3 aromatic rings. The van der Waals surface area contributed by atoms with Crippen molar-refractivity contribution in [3.8, 4) is 11.3 Å². The van der Waals surface area contributed by atoms with Crippen molar-refractivity contribution in [2.24, 2.45) is 0 Å². The predicted molar refractivity (Wildman–Crippen MR) is 94.6 cm³/mol. The Kier molecular flexibility index (Phi) is 4.01. The van der Waals surface area contributed by atoms with Crippen molar-refractivity contribution >= 4 is 15.8 Å². The van der Waals surface area contributed by atoms with Crippen molar-refractivity contribution in [1.29, 1.82) is 0 Å². The third-order valence-electron chi connectivity index (χ3n) is 4.64. The summed E-state index contributed by atoms with van der Waals surface area (Å²) in [6, 6.07) is 5.86. The third-order valence-corrected chi connectivity index (χ3v) is 5.91. The third kappa shape index (κ3) is 3.14. The molecule has 0 N–H and O–H groups in total. The van der Waals surface area contributed by atoms with Gasteiger partial charge in [-0.1, -0.05) is 0 Å². The van der Waals surface area contributed by atoms with Gasteiger partial charge < -0.3 is 0 Å². The molecule has 4 heterocycles. The van der Waals surface area contributed by atoms with Gasteiger partial charge in [0.2, 0.25) is 15.8 Å². The van der Waals surface area contributed by atoms with E-state index >= 15 is 0 Å². The fourth-order valence-electron chi connectivity index (χ4n) is 3.32. The smallest absolute Gasteiger partial charge is 0.234 e. The van der Waals surface area contributed by atoms with Gasteiger partial charge in [0, 0.05) is 48.9 Å². The molecule has 0 aliphatic carbocycles. The molecule has 0 amide bonds. The molecule has 3 aromatic heterocycles. The summed E-state index contributed by atoms with van der Waals surface area (Å²) in [5, 5.41) is 0. The van der Waals surface area contributed by atoms with Crippen LogP contribution >= 0.6 is 0 Å². The Morgan fingerprint density at radius 1 is 1.16 bits per heavy atom. The van der Waals surface area contributed by atoms with Crippen LogP contribution in [0.4, 0.5) is 0 Å². The SMILES string of the molecule is CS(=O)(=O)N1CCCC(c2ccc(-c3cnc4ncccn34)cn2)C1. The lowest BCUT2D eigenvalue weighted by molar-refractivity contribution is 0.314. The van der Waals surface area contributed by atoms with Crippen LogP contribution < -0.4 is 0 Å². The number of hydrogen-bond acceptors (Lipinski definition) is 5. The summed E-state index contributed by atoms with van der Waals surface area (Å²) >= 11 is 0. The van der Waals surface area contributed by atoms with E-state index < -0.39 is 10.0 Å². The molecule has 1 aliphatic heterocycles. The standard InChI is InChI=1S/C17H19N5O2S/c1-25(23,24)21-8-2-4-14(12-21)15-6-5-13(10-19-15)16-11-20-17-18-7-3-9-22(16)17/h3,5-7,9-11,14H,2,4,8,12H2,1H3. The number of pyridine rings is 1. The van der Waals surface area contributed by atoms with Gasteiger partial charge in [0.15, 0.2) is 0 Å². The van der Waals surface area contributed by atoms with Gasteiger partial charge in [-0.3, -0.25) is 9.38 Å². The van der Waals surface area contributed by atoms with Crippen molar-refractivity contribution < 1.29 is 8.42 Å². The topological polar surface area (TPSA) is 80.5 Å². The van der Waals surface area contributed by atoms with E-state index in [4.69, 9.17) is 0 Å². The van der Waals surface area contributed by atoms with E-state index in [0.29, 0.717) is 18.9 Å². The van der Waals surface area contributed by atoms with Crippen LogP contribution in [0.1, 0.15) is 24.5 Å². The molecule has 4 rings (SSSR count). The number of aromatic nitrogens is 4. The molecule has 1 unspecified atom stereocenters. The Hall–Kier alpha value is -2.32. The first-order valence-corrected chi connectivity index (χ1v) is 10.1. The first-order chi connectivity index (χ1) is 12.0. The van der Waals surface area contributed by atoms with Gasteiger partial charge in [-0.25, -0.2) is 22.7 Å². The Labute approximate surface area is 146 Å². The lowest BCUT2D eigenvalue weighted by Crippen LogP contribution is -2.38. The summed E-state index contributed by atoms with van der Waals surface area (Å²) in [6.45, 7) is 1.10. The van der Waals surface area contributed by atoms with Crippen LogP contribution in [0, 0.1) is 0 Å². The highest BCUT2D eigenvalue weighted by Crippen LogP contribution is 2.28. The predicted octanol–water partition coefficient (Wildman–Crippen LogP) is 1.93. The molecule has 0 bridgehead atoms. The number of piperidine rings is 1. The minimum atomic E-state index is -3.15. The number of rotatable bonds is 3. The fraction of sp³-hybridized carbons (Fsp3) is 0.353. The zero-order chi connectivity index (χ0) is 17.4. The van der Waals surface area contributed by atoms with Crippen molar-refractivity contribution in [3.63, 3.8) is 0 Å². The molecule has 0 spiro atoms. The lowest BCUT2D eigenvalue weighted by Gasteiger charge is -2.30. The monoisotopic (exact) mass is 357 g/mol. The lowest BCUT2D eigenvalue weighted by atomic mass is 9.95. The summed E-state index contributed by atoms with van der Waals surface area (Å²) in [7, 11) is -3.15. The van der Waals surface area contributed by atoms with Gasteiger partial charge in [0.25, 0.3) is 0 Å². The van der Waals surface area contributed by atoms with Crippen LogP contribution in [0.2, 0.25) is 0 Å². The summed E-state index contributed by atoms with van der Waals surface area (Å²) < 4.78 is 27.0. The van der Waals surface area contributed by atoms with E-state index in [1.165, 1.54) is 6.26 Å². The average molecular weight is 357 g/mol. The molecule has 1 atom stereocenters. The van der Waals surface area contributed by atoms with Crippen molar-refractivity contribution in [1.82, 2.24) is 23.7 Å². The highest BCUT2D eigenvalue weighted by Gasteiger charge is 2.27. The molecule has 1 aliphatic rings. The van der Waals surface area contributed by atoms with Gasteiger partial charge in [-0.05, 0) is 31.0 Å². The molecule has 0 saturated carbocycles. The highest BCUT2D eigenvalue weighted by molar-refractivity contribution is 7.88. The second kappa shape index (κ2) is 6.20. The Bertz CT molecular complexity index is 997. The molecule has 0 aromatic carbocycles. The highest BCUT2D eigenvalue weighted by atomic mass is 32.2. The fourth-order valence-corrected chi connectivity index (χ4v) is 4.24. The molecular weight excluding hydrogens is 338 g/mol. The Morgan fingerprint density at radius 3 is 2.80 bits per heavy atom. The average Bonchev–Trinajstić information content (AvgIpc) is 3.05. The van der Waals surface area contributed by atoms with Crippen molar-refractivity contribution in [2.45, 2.75) is 18.8 Å². The molecular formula is C17H19N5O2S. The van der Waals surface area contributed by atoms with E-state index in [2.05, 4.69) is 15.0 Å². The number of fused-ring (bicyclic) bond motifs is 1. The van der Waals surface area contributed by atoms with Crippen LogP contribution in [0.3, 0.4) is 0 Å². The van der Waals surface area contributed by atoms with Crippen LogP contribution in [-0.2, 0) is 10.0 Å². The second-order valence-corrected chi connectivity index (χ2v) is 8.35. The van der Waals surface area contributed by atoms with Crippen molar-refractivity contribution in [3.05, 3.63) is 48.7 Å². The number of nitrogens with zero attached hydrogens (tertiary/aromatic N) is 5. The van der Waals surface area contributed by atoms with E-state index in [0.717, 1.165) is 29.8 Å². The summed E-state index contributed by atoms with van der Waals surface area (Å²) in [5.41, 5.74) is 2.83. The first kappa shape index (κ1) is 16.2. The minimum Gasteiger partial charge on any atom is -0.284 e. The maximum Gasteiger partial charge on any atom is 0.234 e. The van der Waals surface area contributed by atoms with E-state index in [1.54, 1.807) is 16.7 Å².